The summed E-state index contributed by atoms with van der Waals surface area (Å²) in [4.78, 5) is 0. The first kappa shape index (κ1) is 14.4. The van der Waals surface area contributed by atoms with E-state index in [2.05, 4.69) is 50.4 Å². The second kappa shape index (κ2) is 5.96. The molecule has 2 nitrogen and oxygen atoms in total. The third-order valence-electron chi connectivity index (χ3n) is 4.06. The molecule has 2 rings (SSSR count). The van der Waals surface area contributed by atoms with Crippen molar-refractivity contribution in [3.8, 4) is 0 Å². The molecule has 1 saturated carbocycles. The highest BCUT2D eigenvalue weighted by atomic mass is 16.5. The lowest BCUT2D eigenvalue weighted by Gasteiger charge is -2.40. The smallest absolute Gasteiger partial charge is 0.0733 e. The van der Waals surface area contributed by atoms with Gasteiger partial charge in [-0.3, -0.25) is 0 Å². The number of ether oxygens (including phenoxy) is 1. The molecule has 0 spiro atoms. The second-order valence-corrected chi connectivity index (χ2v) is 6.84. The molecular weight excluding hydrogens is 234 g/mol. The zero-order chi connectivity index (χ0) is 13.9. The molecule has 19 heavy (non-hydrogen) atoms. The van der Waals surface area contributed by atoms with Gasteiger partial charge in [-0.25, -0.2) is 0 Å². The van der Waals surface area contributed by atoms with Crippen LogP contribution in [0.15, 0.2) is 24.3 Å². The highest BCUT2D eigenvalue weighted by Crippen LogP contribution is 2.39. The van der Waals surface area contributed by atoms with E-state index in [0.717, 1.165) is 5.92 Å². The molecule has 0 aliphatic heterocycles. The van der Waals surface area contributed by atoms with Gasteiger partial charge in [-0.15, -0.1) is 0 Å². The van der Waals surface area contributed by atoms with E-state index in [4.69, 9.17) is 4.74 Å². The summed E-state index contributed by atoms with van der Waals surface area (Å²) >= 11 is 0. The molecule has 0 saturated heterocycles. The largest absolute Gasteiger partial charge is 0.382 e. The zero-order valence-corrected chi connectivity index (χ0v) is 12.7. The van der Waals surface area contributed by atoms with E-state index in [1.165, 1.54) is 30.5 Å². The Balaban J connectivity index is 2.08. The summed E-state index contributed by atoms with van der Waals surface area (Å²) in [6.07, 6.45) is 3.86. The molecule has 2 unspecified atom stereocenters. The minimum Gasteiger partial charge on any atom is -0.382 e. The van der Waals surface area contributed by atoms with Gasteiger partial charge < -0.3 is 10.1 Å². The molecule has 1 aliphatic carbocycles. The Morgan fingerprint density at radius 2 is 2.00 bits per heavy atom. The number of benzene rings is 1. The highest BCUT2D eigenvalue weighted by Gasteiger charge is 2.32. The van der Waals surface area contributed by atoms with E-state index < -0.39 is 0 Å². The topological polar surface area (TPSA) is 21.3 Å². The minimum absolute atomic E-state index is 0.450. The van der Waals surface area contributed by atoms with E-state index in [9.17, 15) is 0 Å². The van der Waals surface area contributed by atoms with Gasteiger partial charge in [0.05, 0.1) is 6.61 Å². The van der Waals surface area contributed by atoms with Gasteiger partial charge in [-0.05, 0) is 36.7 Å². The van der Waals surface area contributed by atoms with Crippen LogP contribution >= 0.6 is 0 Å². The summed E-state index contributed by atoms with van der Waals surface area (Å²) in [6, 6.07) is 9.06. The molecular formula is C17H27NO. The molecule has 0 bridgehead atoms. The van der Waals surface area contributed by atoms with Crippen LogP contribution in [-0.4, -0.2) is 13.2 Å². The Labute approximate surface area is 117 Å². The maximum atomic E-state index is 5.28. The number of rotatable bonds is 4. The second-order valence-electron chi connectivity index (χ2n) is 6.84. The maximum Gasteiger partial charge on any atom is 0.0733 e. The van der Waals surface area contributed by atoms with E-state index in [1.807, 2.05) is 0 Å². The number of hydrogen-bond acceptors (Lipinski definition) is 2. The van der Waals surface area contributed by atoms with Gasteiger partial charge in [0.2, 0.25) is 0 Å². The van der Waals surface area contributed by atoms with Gasteiger partial charge >= 0.3 is 0 Å². The van der Waals surface area contributed by atoms with Crippen molar-refractivity contribution in [2.24, 2.45) is 11.3 Å². The predicted molar refractivity (Wildman–Crippen MR) is 81.4 cm³/mol. The first-order valence-corrected chi connectivity index (χ1v) is 7.33. The number of nitrogens with one attached hydrogen (secondary N) is 1. The van der Waals surface area contributed by atoms with Crippen molar-refractivity contribution in [3.63, 3.8) is 0 Å². The van der Waals surface area contributed by atoms with Crippen LogP contribution in [0.5, 0.6) is 0 Å². The summed E-state index contributed by atoms with van der Waals surface area (Å²) in [5, 5.41) is 3.74. The molecule has 1 N–H and O–H groups in total. The number of anilines is 1. The molecule has 106 valence electrons. The lowest BCUT2D eigenvalue weighted by Crippen LogP contribution is -2.35. The van der Waals surface area contributed by atoms with Crippen LogP contribution in [0.1, 0.15) is 45.6 Å². The van der Waals surface area contributed by atoms with Crippen molar-refractivity contribution in [1.29, 1.82) is 0 Å². The van der Waals surface area contributed by atoms with Crippen LogP contribution in [0.25, 0.3) is 0 Å². The lowest BCUT2D eigenvalue weighted by molar-refractivity contribution is 0.176. The molecule has 1 aromatic rings. The normalized spacial score (nSPS) is 26.1. The average molecular weight is 261 g/mol. The Bertz CT molecular complexity index is 413. The van der Waals surface area contributed by atoms with Gasteiger partial charge in [-0.1, -0.05) is 39.0 Å². The molecule has 0 heterocycles. The standard InChI is InChI=1S/C17H27NO/c1-13-9-15(11-17(2,3)10-13)18-16-8-6-5-7-14(16)12-19-4/h5-8,13,15,18H,9-12H2,1-4H3. The molecule has 1 aromatic carbocycles. The Hall–Kier alpha value is -1.02. The number of hydrogen-bond donors (Lipinski definition) is 1. The fraction of sp³-hybridized carbons (Fsp3) is 0.647. The predicted octanol–water partition coefficient (Wildman–Crippen LogP) is 4.46. The highest BCUT2D eigenvalue weighted by molar-refractivity contribution is 5.51. The van der Waals surface area contributed by atoms with Crippen molar-refractivity contribution < 1.29 is 4.74 Å². The number of para-hydroxylation sites is 1. The van der Waals surface area contributed by atoms with Crippen molar-refractivity contribution in [3.05, 3.63) is 29.8 Å². The van der Waals surface area contributed by atoms with Gasteiger partial charge in [-0.2, -0.15) is 0 Å². The molecule has 0 aromatic heterocycles. The van der Waals surface area contributed by atoms with E-state index in [-0.39, 0.29) is 0 Å². The fourth-order valence-corrected chi connectivity index (χ4v) is 3.62. The zero-order valence-electron chi connectivity index (χ0n) is 12.7. The van der Waals surface area contributed by atoms with Gasteiger partial charge in [0.25, 0.3) is 0 Å². The van der Waals surface area contributed by atoms with E-state index in [1.54, 1.807) is 7.11 Å². The minimum atomic E-state index is 0.450. The summed E-state index contributed by atoms with van der Waals surface area (Å²) in [6.45, 7) is 7.82. The summed E-state index contributed by atoms with van der Waals surface area (Å²) < 4.78 is 5.28. The molecule has 2 heteroatoms. The maximum absolute atomic E-state index is 5.28. The van der Waals surface area contributed by atoms with Gasteiger partial charge in [0, 0.05) is 24.4 Å². The quantitative estimate of drug-likeness (QED) is 0.864. The van der Waals surface area contributed by atoms with Crippen molar-refractivity contribution in [2.45, 2.75) is 52.7 Å². The molecule has 0 amide bonds. The monoisotopic (exact) mass is 261 g/mol. The summed E-state index contributed by atoms with van der Waals surface area (Å²) in [7, 11) is 1.75. The van der Waals surface area contributed by atoms with Crippen molar-refractivity contribution >= 4 is 5.69 Å². The molecule has 1 aliphatic rings. The Morgan fingerprint density at radius 3 is 2.68 bits per heavy atom. The van der Waals surface area contributed by atoms with Crippen LogP contribution in [0.2, 0.25) is 0 Å². The average Bonchev–Trinajstić information content (AvgIpc) is 2.29. The first-order chi connectivity index (χ1) is 9.00. The Kier molecular flexibility index (Phi) is 4.51. The molecule has 2 atom stereocenters. The van der Waals surface area contributed by atoms with Gasteiger partial charge in [0.15, 0.2) is 0 Å². The van der Waals surface area contributed by atoms with Gasteiger partial charge in [0.1, 0.15) is 0 Å². The lowest BCUT2D eigenvalue weighted by atomic mass is 9.70. The summed E-state index contributed by atoms with van der Waals surface area (Å²) in [5.74, 6) is 0.802. The van der Waals surface area contributed by atoms with Crippen molar-refractivity contribution in [2.75, 3.05) is 12.4 Å². The van der Waals surface area contributed by atoms with Crippen LogP contribution in [0, 0.1) is 11.3 Å². The summed E-state index contributed by atoms with van der Waals surface area (Å²) in [5.41, 5.74) is 2.94. The fourth-order valence-electron chi connectivity index (χ4n) is 3.62. The van der Waals surface area contributed by atoms with Crippen LogP contribution in [0.3, 0.4) is 0 Å². The van der Waals surface area contributed by atoms with Crippen LogP contribution in [-0.2, 0) is 11.3 Å². The molecule has 1 fully saturated rings. The third kappa shape index (κ3) is 3.97. The van der Waals surface area contributed by atoms with Crippen molar-refractivity contribution in [1.82, 2.24) is 0 Å². The molecule has 0 radical (unpaired) electrons. The number of methoxy groups -OCH3 is 1. The van der Waals surface area contributed by atoms with E-state index in [0.29, 0.717) is 18.1 Å². The Morgan fingerprint density at radius 1 is 1.26 bits per heavy atom. The SMILES string of the molecule is COCc1ccccc1NC1CC(C)CC(C)(C)C1. The van der Waals surface area contributed by atoms with Crippen LogP contribution < -0.4 is 5.32 Å². The van der Waals surface area contributed by atoms with Crippen LogP contribution in [0.4, 0.5) is 5.69 Å². The first-order valence-electron chi connectivity index (χ1n) is 7.33. The third-order valence-corrected chi connectivity index (χ3v) is 4.06. The van der Waals surface area contributed by atoms with E-state index >= 15 is 0 Å².